The Morgan fingerprint density at radius 2 is 1.81 bits per heavy atom. The summed E-state index contributed by atoms with van der Waals surface area (Å²) in [5.74, 6) is -1.19. The van der Waals surface area contributed by atoms with Gasteiger partial charge in [0.25, 0.3) is 5.56 Å². The highest BCUT2D eigenvalue weighted by atomic mass is 35.5. The molecule has 0 bridgehead atoms. The van der Waals surface area contributed by atoms with Crippen LogP contribution in [0, 0.1) is 0 Å². The topological polar surface area (TPSA) is 59.3 Å². The number of rotatable bonds is 4. The van der Waals surface area contributed by atoms with E-state index in [1.807, 2.05) is 13.8 Å². The van der Waals surface area contributed by atoms with E-state index in [4.69, 9.17) is 11.6 Å². The first-order valence-electron chi connectivity index (χ1n) is 6.76. The molecular formula is C16H16ClNO3. The highest BCUT2D eigenvalue weighted by Crippen LogP contribution is 2.17. The maximum Gasteiger partial charge on any atom is 0.341 e. The van der Waals surface area contributed by atoms with Crippen LogP contribution in [0.4, 0.5) is 0 Å². The van der Waals surface area contributed by atoms with Gasteiger partial charge >= 0.3 is 5.97 Å². The molecule has 0 spiro atoms. The Hall–Kier alpha value is -2.07. The van der Waals surface area contributed by atoms with Gasteiger partial charge in [0, 0.05) is 16.4 Å². The summed E-state index contributed by atoms with van der Waals surface area (Å²) in [5, 5.41) is 9.89. The number of halogens is 1. The van der Waals surface area contributed by atoms with Crippen LogP contribution in [0.1, 0.15) is 35.5 Å². The average Bonchev–Trinajstić information content (AvgIpc) is 2.46. The van der Waals surface area contributed by atoms with E-state index in [1.165, 1.54) is 4.57 Å². The first-order valence-corrected chi connectivity index (χ1v) is 7.14. The number of aromatic carboxylic acids is 1. The minimum absolute atomic E-state index is 0.162. The van der Waals surface area contributed by atoms with Crippen molar-refractivity contribution in [3.8, 4) is 5.69 Å². The van der Waals surface area contributed by atoms with Gasteiger partial charge in [-0.1, -0.05) is 25.4 Å². The Morgan fingerprint density at radius 1 is 1.19 bits per heavy atom. The molecule has 1 N–H and O–H groups in total. The molecule has 1 aromatic carbocycles. The van der Waals surface area contributed by atoms with Gasteiger partial charge in [0.2, 0.25) is 0 Å². The number of nitrogens with zero attached hydrogens (tertiary/aromatic N) is 1. The number of hydrogen-bond acceptors (Lipinski definition) is 2. The third kappa shape index (κ3) is 2.85. The van der Waals surface area contributed by atoms with Crippen LogP contribution < -0.4 is 5.56 Å². The van der Waals surface area contributed by atoms with Gasteiger partial charge in [-0.2, -0.15) is 0 Å². The Bertz CT molecular complexity index is 732. The van der Waals surface area contributed by atoms with Crippen LogP contribution in [0.2, 0.25) is 5.02 Å². The molecule has 0 saturated heterocycles. The molecule has 2 aromatic rings. The van der Waals surface area contributed by atoms with Crippen LogP contribution >= 0.6 is 11.6 Å². The molecule has 1 aromatic heterocycles. The third-order valence-corrected chi connectivity index (χ3v) is 3.66. The zero-order valence-electron chi connectivity index (χ0n) is 11.9. The van der Waals surface area contributed by atoms with Gasteiger partial charge < -0.3 is 5.11 Å². The molecule has 2 rings (SSSR count). The molecule has 4 nitrogen and oxygen atoms in total. The first kappa shape index (κ1) is 15.3. The van der Waals surface area contributed by atoms with Crippen molar-refractivity contribution in [3.05, 3.63) is 62.5 Å². The Labute approximate surface area is 127 Å². The van der Waals surface area contributed by atoms with Crippen LogP contribution in [0.5, 0.6) is 0 Å². The molecule has 0 fully saturated rings. The quantitative estimate of drug-likeness (QED) is 0.942. The van der Waals surface area contributed by atoms with Gasteiger partial charge in [0.05, 0.1) is 0 Å². The molecule has 0 aliphatic carbocycles. The lowest BCUT2D eigenvalue weighted by Gasteiger charge is -2.15. The summed E-state index contributed by atoms with van der Waals surface area (Å²) in [6.07, 6.45) is 1.14. The van der Waals surface area contributed by atoms with Gasteiger partial charge in [-0.25, -0.2) is 4.79 Å². The molecular weight excluding hydrogens is 290 g/mol. The van der Waals surface area contributed by atoms with E-state index in [0.717, 1.165) is 5.69 Å². The SMILES string of the molecule is CCc1cc(CC)n(-c2ccc(Cl)cc2)c(=O)c1C(=O)O. The summed E-state index contributed by atoms with van der Waals surface area (Å²) in [5.41, 5.74) is 1.30. The van der Waals surface area contributed by atoms with E-state index in [-0.39, 0.29) is 5.56 Å². The lowest BCUT2D eigenvalue weighted by molar-refractivity contribution is 0.0693. The first-order chi connectivity index (χ1) is 9.99. The van der Waals surface area contributed by atoms with Crippen molar-refractivity contribution < 1.29 is 9.90 Å². The fourth-order valence-corrected chi connectivity index (χ4v) is 2.48. The van der Waals surface area contributed by atoms with Crippen molar-refractivity contribution in [2.24, 2.45) is 0 Å². The summed E-state index contributed by atoms with van der Waals surface area (Å²) >= 11 is 5.86. The van der Waals surface area contributed by atoms with Gasteiger partial charge in [-0.3, -0.25) is 9.36 Å². The van der Waals surface area contributed by atoms with Crippen LogP contribution in [0.15, 0.2) is 35.1 Å². The van der Waals surface area contributed by atoms with Crippen molar-refractivity contribution in [1.82, 2.24) is 4.57 Å². The predicted molar refractivity (Wildman–Crippen MR) is 82.8 cm³/mol. The molecule has 0 unspecified atom stereocenters. The van der Waals surface area contributed by atoms with Gasteiger partial charge in [-0.05, 0) is 48.7 Å². The molecule has 0 radical (unpaired) electrons. The fraction of sp³-hybridized carbons (Fsp3) is 0.250. The van der Waals surface area contributed by atoms with Gasteiger partial charge in [-0.15, -0.1) is 0 Å². The number of carbonyl (C=O) groups is 1. The van der Waals surface area contributed by atoms with Gasteiger partial charge in [0.1, 0.15) is 5.56 Å². The highest BCUT2D eigenvalue weighted by Gasteiger charge is 2.19. The molecule has 110 valence electrons. The number of hydrogen-bond donors (Lipinski definition) is 1. The second-order valence-corrected chi connectivity index (χ2v) is 5.10. The number of pyridine rings is 1. The van der Waals surface area contributed by atoms with E-state index < -0.39 is 11.5 Å². The minimum atomic E-state index is -1.19. The summed E-state index contributed by atoms with van der Waals surface area (Å²) in [6.45, 7) is 3.77. The average molecular weight is 306 g/mol. The van der Waals surface area contributed by atoms with Crippen molar-refractivity contribution in [2.75, 3.05) is 0 Å². The van der Waals surface area contributed by atoms with E-state index >= 15 is 0 Å². The Balaban J connectivity index is 2.81. The lowest BCUT2D eigenvalue weighted by atomic mass is 10.0. The van der Waals surface area contributed by atoms with Crippen molar-refractivity contribution in [3.63, 3.8) is 0 Å². The summed E-state index contributed by atoms with van der Waals surface area (Å²) in [7, 11) is 0. The van der Waals surface area contributed by atoms with Crippen molar-refractivity contribution >= 4 is 17.6 Å². The van der Waals surface area contributed by atoms with E-state index in [0.29, 0.717) is 29.1 Å². The Kier molecular flexibility index (Phi) is 4.48. The van der Waals surface area contributed by atoms with Crippen molar-refractivity contribution in [1.29, 1.82) is 0 Å². The molecule has 1 heterocycles. The minimum Gasteiger partial charge on any atom is -0.477 e. The summed E-state index contributed by atoms with van der Waals surface area (Å²) in [6, 6.07) is 8.56. The normalized spacial score (nSPS) is 10.6. The molecule has 5 heteroatoms. The molecule has 0 aliphatic heterocycles. The number of aromatic nitrogens is 1. The highest BCUT2D eigenvalue weighted by molar-refractivity contribution is 6.30. The van der Waals surface area contributed by atoms with Crippen LogP contribution in [0.3, 0.4) is 0 Å². The standard InChI is InChI=1S/C16H16ClNO3/c1-3-10-9-12(4-2)18(15(19)14(10)16(20)21)13-7-5-11(17)6-8-13/h5-9H,3-4H2,1-2H3,(H,20,21). The van der Waals surface area contributed by atoms with E-state index in [9.17, 15) is 14.7 Å². The van der Waals surface area contributed by atoms with E-state index in [2.05, 4.69) is 0 Å². The number of carboxylic acid groups (broad SMARTS) is 1. The second-order valence-electron chi connectivity index (χ2n) is 4.67. The molecule has 0 amide bonds. The number of carboxylic acids is 1. The smallest absolute Gasteiger partial charge is 0.341 e. The molecule has 0 aliphatic rings. The Morgan fingerprint density at radius 3 is 2.29 bits per heavy atom. The van der Waals surface area contributed by atoms with Crippen molar-refractivity contribution in [2.45, 2.75) is 26.7 Å². The van der Waals surface area contributed by atoms with E-state index in [1.54, 1.807) is 30.3 Å². The maximum absolute atomic E-state index is 12.6. The molecule has 0 saturated carbocycles. The summed E-state index contributed by atoms with van der Waals surface area (Å²) < 4.78 is 1.44. The monoisotopic (exact) mass is 305 g/mol. The van der Waals surface area contributed by atoms with Crippen LogP contribution in [-0.2, 0) is 12.8 Å². The van der Waals surface area contributed by atoms with Crippen LogP contribution in [-0.4, -0.2) is 15.6 Å². The molecule has 0 atom stereocenters. The fourth-order valence-electron chi connectivity index (χ4n) is 2.36. The number of aryl methyl sites for hydroxylation is 2. The number of benzene rings is 1. The lowest BCUT2D eigenvalue weighted by Crippen LogP contribution is -2.29. The third-order valence-electron chi connectivity index (χ3n) is 3.41. The maximum atomic E-state index is 12.6. The zero-order chi connectivity index (χ0) is 15.6. The van der Waals surface area contributed by atoms with Gasteiger partial charge in [0.15, 0.2) is 0 Å². The van der Waals surface area contributed by atoms with Crippen LogP contribution in [0.25, 0.3) is 5.69 Å². The second kappa shape index (κ2) is 6.14. The zero-order valence-corrected chi connectivity index (χ0v) is 12.6. The summed E-state index contributed by atoms with van der Waals surface area (Å²) in [4.78, 5) is 24.0. The predicted octanol–water partition coefficient (Wildman–Crippen LogP) is 3.31. The largest absolute Gasteiger partial charge is 0.477 e. The molecule has 21 heavy (non-hydrogen) atoms.